The number of ether oxygens (including phenoxy) is 1. The average Bonchev–Trinajstić information content (AvgIpc) is 3.40. The molecule has 2 N–H and O–H groups in total. The van der Waals surface area contributed by atoms with Gasteiger partial charge in [0.15, 0.2) is 11.8 Å². The molecule has 1 fully saturated rings. The molecule has 2 aromatic rings. The van der Waals surface area contributed by atoms with Crippen LogP contribution in [0.2, 0.25) is 0 Å². The van der Waals surface area contributed by atoms with Gasteiger partial charge in [0.2, 0.25) is 5.89 Å². The van der Waals surface area contributed by atoms with E-state index in [2.05, 4.69) is 66.7 Å². The van der Waals surface area contributed by atoms with Crippen LogP contribution in [0.5, 0.6) is 5.75 Å². The molecule has 1 heterocycles. The number of aliphatic imine (C=N–C) groups is 1. The van der Waals surface area contributed by atoms with Crippen LogP contribution in [0, 0.1) is 12.8 Å². The SMILES string of the molecule is CCNC(=NCc1ccc(C)cc1OCC1CC1)NCCc1nc(C(C)C)no1. The zero-order valence-corrected chi connectivity index (χ0v) is 18.0. The Morgan fingerprint density at radius 2 is 2.14 bits per heavy atom. The van der Waals surface area contributed by atoms with Gasteiger partial charge in [-0.05, 0) is 44.2 Å². The van der Waals surface area contributed by atoms with E-state index < -0.39 is 0 Å². The topological polar surface area (TPSA) is 84.6 Å². The lowest BCUT2D eigenvalue weighted by molar-refractivity contribution is 0.296. The first-order valence-corrected chi connectivity index (χ1v) is 10.6. The van der Waals surface area contributed by atoms with Crippen LogP contribution in [0.3, 0.4) is 0 Å². The summed E-state index contributed by atoms with van der Waals surface area (Å²) in [5.74, 6) is 4.11. The van der Waals surface area contributed by atoms with E-state index in [-0.39, 0.29) is 5.92 Å². The molecule has 0 amide bonds. The summed E-state index contributed by atoms with van der Waals surface area (Å²) in [6.45, 7) is 11.1. The molecule has 1 aliphatic carbocycles. The van der Waals surface area contributed by atoms with E-state index >= 15 is 0 Å². The van der Waals surface area contributed by atoms with Crippen LogP contribution in [-0.4, -0.2) is 35.8 Å². The highest BCUT2D eigenvalue weighted by atomic mass is 16.5. The van der Waals surface area contributed by atoms with Gasteiger partial charge in [0.25, 0.3) is 0 Å². The number of benzene rings is 1. The molecule has 1 aromatic heterocycles. The van der Waals surface area contributed by atoms with Gasteiger partial charge in [0.05, 0.1) is 13.2 Å². The van der Waals surface area contributed by atoms with E-state index in [0.29, 0.717) is 25.4 Å². The molecular weight excluding hydrogens is 366 g/mol. The highest BCUT2D eigenvalue weighted by molar-refractivity contribution is 5.79. The summed E-state index contributed by atoms with van der Waals surface area (Å²) >= 11 is 0. The van der Waals surface area contributed by atoms with Gasteiger partial charge in [0.1, 0.15) is 5.75 Å². The summed E-state index contributed by atoms with van der Waals surface area (Å²) in [6.07, 6.45) is 3.23. The molecule has 1 aliphatic rings. The summed E-state index contributed by atoms with van der Waals surface area (Å²) in [7, 11) is 0. The molecule has 1 saturated carbocycles. The van der Waals surface area contributed by atoms with Crippen molar-refractivity contribution in [2.75, 3.05) is 19.7 Å². The predicted molar refractivity (Wildman–Crippen MR) is 114 cm³/mol. The lowest BCUT2D eigenvalue weighted by atomic mass is 10.1. The first-order valence-electron chi connectivity index (χ1n) is 10.6. The molecule has 0 aliphatic heterocycles. The number of aromatic nitrogens is 2. The van der Waals surface area contributed by atoms with Crippen molar-refractivity contribution in [2.24, 2.45) is 10.9 Å². The summed E-state index contributed by atoms with van der Waals surface area (Å²) in [5, 5.41) is 10.6. The largest absolute Gasteiger partial charge is 0.493 e. The lowest BCUT2D eigenvalue weighted by Crippen LogP contribution is -2.38. The Hall–Kier alpha value is -2.57. The van der Waals surface area contributed by atoms with E-state index in [1.807, 2.05) is 0 Å². The van der Waals surface area contributed by atoms with Crippen molar-refractivity contribution < 1.29 is 9.26 Å². The molecular formula is C22H33N5O2. The fraction of sp³-hybridized carbons (Fsp3) is 0.591. The van der Waals surface area contributed by atoms with Crippen molar-refractivity contribution in [2.45, 2.75) is 59.4 Å². The Bertz CT molecular complexity index is 811. The molecule has 0 radical (unpaired) electrons. The summed E-state index contributed by atoms with van der Waals surface area (Å²) in [4.78, 5) is 9.14. The van der Waals surface area contributed by atoms with E-state index in [9.17, 15) is 0 Å². The Morgan fingerprint density at radius 3 is 2.83 bits per heavy atom. The van der Waals surface area contributed by atoms with Crippen molar-refractivity contribution in [1.29, 1.82) is 0 Å². The van der Waals surface area contributed by atoms with Crippen molar-refractivity contribution in [1.82, 2.24) is 20.8 Å². The van der Waals surface area contributed by atoms with E-state index in [1.165, 1.54) is 18.4 Å². The monoisotopic (exact) mass is 399 g/mol. The van der Waals surface area contributed by atoms with Crippen LogP contribution in [0.4, 0.5) is 0 Å². The number of rotatable bonds is 10. The van der Waals surface area contributed by atoms with Crippen LogP contribution in [0.1, 0.15) is 62.4 Å². The number of hydrogen-bond donors (Lipinski definition) is 2. The van der Waals surface area contributed by atoms with Crippen LogP contribution in [0.15, 0.2) is 27.7 Å². The zero-order chi connectivity index (χ0) is 20.6. The Kier molecular flexibility index (Phi) is 7.49. The third-order valence-corrected chi connectivity index (χ3v) is 4.78. The maximum atomic E-state index is 6.06. The first kappa shape index (κ1) is 21.1. The van der Waals surface area contributed by atoms with Crippen LogP contribution >= 0.6 is 0 Å². The number of aryl methyl sites for hydroxylation is 1. The minimum Gasteiger partial charge on any atom is -0.493 e. The second-order valence-corrected chi connectivity index (χ2v) is 7.94. The van der Waals surface area contributed by atoms with Gasteiger partial charge >= 0.3 is 0 Å². The van der Waals surface area contributed by atoms with Crippen molar-refractivity contribution in [3.05, 3.63) is 41.0 Å². The molecule has 158 valence electrons. The molecule has 0 unspecified atom stereocenters. The smallest absolute Gasteiger partial charge is 0.228 e. The second-order valence-electron chi connectivity index (χ2n) is 7.94. The number of nitrogens with one attached hydrogen (secondary N) is 2. The molecule has 29 heavy (non-hydrogen) atoms. The molecule has 7 heteroatoms. The van der Waals surface area contributed by atoms with Gasteiger partial charge in [-0.15, -0.1) is 0 Å². The molecule has 7 nitrogen and oxygen atoms in total. The van der Waals surface area contributed by atoms with E-state index in [0.717, 1.165) is 42.2 Å². The third-order valence-electron chi connectivity index (χ3n) is 4.78. The minimum absolute atomic E-state index is 0.269. The number of nitrogens with zero attached hydrogens (tertiary/aromatic N) is 3. The fourth-order valence-corrected chi connectivity index (χ4v) is 2.82. The summed E-state index contributed by atoms with van der Waals surface area (Å²) in [6, 6.07) is 6.32. The Morgan fingerprint density at radius 1 is 1.31 bits per heavy atom. The highest BCUT2D eigenvalue weighted by Crippen LogP contribution is 2.30. The van der Waals surface area contributed by atoms with Crippen LogP contribution in [0.25, 0.3) is 0 Å². The van der Waals surface area contributed by atoms with Crippen LogP contribution < -0.4 is 15.4 Å². The normalized spacial score (nSPS) is 14.3. The molecule has 3 rings (SSSR count). The lowest BCUT2D eigenvalue weighted by Gasteiger charge is -2.13. The molecule has 0 saturated heterocycles. The van der Waals surface area contributed by atoms with Gasteiger partial charge in [-0.3, -0.25) is 0 Å². The average molecular weight is 400 g/mol. The first-order chi connectivity index (χ1) is 14.0. The van der Waals surface area contributed by atoms with Crippen LogP contribution in [-0.2, 0) is 13.0 Å². The van der Waals surface area contributed by atoms with Crippen molar-refractivity contribution in [3.63, 3.8) is 0 Å². The van der Waals surface area contributed by atoms with E-state index in [4.69, 9.17) is 14.3 Å². The maximum absolute atomic E-state index is 6.06. The molecule has 0 bridgehead atoms. The van der Waals surface area contributed by atoms with Gasteiger partial charge in [0, 0.05) is 31.0 Å². The van der Waals surface area contributed by atoms with Gasteiger partial charge < -0.3 is 19.9 Å². The third kappa shape index (κ3) is 6.76. The Balaban J connectivity index is 1.56. The van der Waals surface area contributed by atoms with Gasteiger partial charge in [-0.1, -0.05) is 31.1 Å². The Labute approximate surface area is 173 Å². The maximum Gasteiger partial charge on any atom is 0.228 e. The van der Waals surface area contributed by atoms with Crippen molar-refractivity contribution in [3.8, 4) is 5.75 Å². The zero-order valence-electron chi connectivity index (χ0n) is 18.0. The molecule has 1 aromatic carbocycles. The van der Waals surface area contributed by atoms with Crippen molar-refractivity contribution >= 4 is 5.96 Å². The number of guanidine groups is 1. The highest BCUT2D eigenvalue weighted by Gasteiger charge is 2.22. The predicted octanol–water partition coefficient (Wildman–Crippen LogP) is 3.59. The second kappa shape index (κ2) is 10.3. The summed E-state index contributed by atoms with van der Waals surface area (Å²) in [5.41, 5.74) is 2.31. The standard InChI is InChI=1S/C22H33N5O2/c1-5-23-22(24-11-10-20-26-21(15(2)3)27-29-20)25-13-18-9-6-16(4)12-19(18)28-14-17-7-8-17/h6,9,12,15,17H,5,7-8,10-11,13-14H2,1-4H3,(H2,23,24,25). The van der Waals surface area contributed by atoms with Gasteiger partial charge in [-0.2, -0.15) is 4.98 Å². The quantitative estimate of drug-likeness (QED) is 0.469. The fourth-order valence-electron chi connectivity index (χ4n) is 2.82. The minimum atomic E-state index is 0.269. The van der Waals surface area contributed by atoms with Gasteiger partial charge in [-0.25, -0.2) is 4.99 Å². The summed E-state index contributed by atoms with van der Waals surface area (Å²) < 4.78 is 11.4. The molecule has 0 spiro atoms. The molecule has 0 atom stereocenters. The van der Waals surface area contributed by atoms with E-state index in [1.54, 1.807) is 0 Å². The number of hydrogen-bond acceptors (Lipinski definition) is 5.